The van der Waals surface area contributed by atoms with E-state index in [1.165, 1.54) is 0 Å². The monoisotopic (exact) mass is 411 g/mol. The molecule has 3 aromatic rings. The lowest BCUT2D eigenvalue weighted by Gasteiger charge is -2.14. The number of nitrogens with one attached hydrogen (secondary N) is 1. The smallest absolute Gasteiger partial charge is 0.224 e. The van der Waals surface area contributed by atoms with Gasteiger partial charge in [-0.3, -0.25) is 9.59 Å². The first-order valence-corrected chi connectivity index (χ1v) is 10.3. The Labute approximate surface area is 175 Å². The highest BCUT2D eigenvalue weighted by atomic mass is 35.5. The molecular weight excluding hydrogens is 386 g/mol. The summed E-state index contributed by atoms with van der Waals surface area (Å²) in [6, 6.07) is 12.4. The van der Waals surface area contributed by atoms with Crippen LogP contribution in [0.3, 0.4) is 0 Å². The van der Waals surface area contributed by atoms with Gasteiger partial charge in [-0.15, -0.1) is 0 Å². The molecule has 3 rings (SSSR count). The van der Waals surface area contributed by atoms with Crippen molar-refractivity contribution in [2.45, 2.75) is 46.5 Å². The topological polar surface area (TPSA) is 59.3 Å². The molecule has 1 heterocycles. The molecule has 0 atom stereocenters. The second-order valence-electron chi connectivity index (χ2n) is 8.02. The number of rotatable bonds is 6. The molecule has 29 heavy (non-hydrogen) atoms. The van der Waals surface area contributed by atoms with Crippen LogP contribution in [0.2, 0.25) is 5.02 Å². The summed E-state index contributed by atoms with van der Waals surface area (Å²) in [5.41, 5.74) is 2.34. The fourth-order valence-electron chi connectivity index (χ4n) is 3.23. The van der Waals surface area contributed by atoms with Gasteiger partial charge in [-0.1, -0.05) is 51.4 Å². The average molecular weight is 412 g/mol. The van der Waals surface area contributed by atoms with Gasteiger partial charge in [0.05, 0.1) is 10.9 Å². The van der Waals surface area contributed by atoms with E-state index in [-0.39, 0.29) is 17.3 Å². The highest BCUT2D eigenvalue weighted by Gasteiger charge is 2.19. The Balaban J connectivity index is 2.04. The summed E-state index contributed by atoms with van der Waals surface area (Å²) in [6.45, 7) is 8.15. The van der Waals surface area contributed by atoms with E-state index in [0.29, 0.717) is 45.3 Å². The van der Waals surface area contributed by atoms with Gasteiger partial charge in [0.15, 0.2) is 0 Å². The Bertz CT molecular complexity index is 1080. The number of anilines is 1. The molecule has 4 nitrogen and oxygen atoms in total. The van der Waals surface area contributed by atoms with E-state index in [2.05, 4.69) is 19.2 Å². The van der Waals surface area contributed by atoms with Gasteiger partial charge in [-0.2, -0.15) is 0 Å². The van der Waals surface area contributed by atoms with Crippen molar-refractivity contribution in [3.63, 3.8) is 0 Å². The largest absolute Gasteiger partial charge is 0.460 e. The van der Waals surface area contributed by atoms with Crippen LogP contribution >= 0.6 is 11.6 Å². The number of hydrogen-bond donors (Lipinski definition) is 1. The van der Waals surface area contributed by atoms with E-state index in [9.17, 15) is 9.59 Å². The highest BCUT2D eigenvalue weighted by molar-refractivity contribution is 6.30. The van der Waals surface area contributed by atoms with Gasteiger partial charge in [-0.05, 0) is 42.2 Å². The first kappa shape index (κ1) is 21.1. The van der Waals surface area contributed by atoms with Crippen molar-refractivity contribution in [3.05, 3.63) is 63.5 Å². The van der Waals surface area contributed by atoms with Crippen LogP contribution in [0.1, 0.15) is 52.2 Å². The summed E-state index contributed by atoms with van der Waals surface area (Å²) in [4.78, 5) is 25.4. The third-order valence-corrected chi connectivity index (χ3v) is 5.06. The van der Waals surface area contributed by atoms with Gasteiger partial charge in [0.2, 0.25) is 11.3 Å². The molecule has 0 unspecified atom stereocenters. The highest BCUT2D eigenvalue weighted by Crippen LogP contribution is 2.31. The zero-order valence-electron chi connectivity index (χ0n) is 17.2. The maximum absolute atomic E-state index is 13.3. The lowest BCUT2D eigenvalue weighted by Crippen LogP contribution is -2.13. The van der Waals surface area contributed by atoms with Crippen LogP contribution in [0.5, 0.6) is 0 Å². The second kappa shape index (κ2) is 8.83. The van der Waals surface area contributed by atoms with E-state index < -0.39 is 0 Å². The van der Waals surface area contributed by atoms with Crippen LogP contribution < -0.4 is 10.7 Å². The number of fused-ring (bicyclic) bond motifs is 1. The number of amides is 1. The Kier molecular flexibility index (Phi) is 6.43. The van der Waals surface area contributed by atoms with Crippen molar-refractivity contribution in [1.29, 1.82) is 0 Å². The summed E-state index contributed by atoms with van der Waals surface area (Å²) in [5.74, 6) is 1.06. The van der Waals surface area contributed by atoms with E-state index in [1.54, 1.807) is 30.3 Å². The van der Waals surface area contributed by atoms with Crippen LogP contribution in [-0.4, -0.2) is 5.91 Å². The number of carbonyl (C=O) groups is 1. The molecule has 0 fully saturated rings. The Hall–Kier alpha value is -2.59. The molecule has 5 heteroatoms. The maximum atomic E-state index is 13.3. The predicted octanol–water partition coefficient (Wildman–Crippen LogP) is 6.61. The molecule has 0 spiro atoms. The van der Waals surface area contributed by atoms with Gasteiger partial charge in [0.25, 0.3) is 0 Å². The first-order chi connectivity index (χ1) is 13.8. The minimum absolute atomic E-state index is 0.0158. The van der Waals surface area contributed by atoms with E-state index in [1.807, 2.05) is 26.0 Å². The van der Waals surface area contributed by atoms with Crippen molar-refractivity contribution in [2.24, 2.45) is 5.92 Å². The molecule has 0 aliphatic rings. The van der Waals surface area contributed by atoms with Crippen LogP contribution in [0, 0.1) is 5.92 Å². The second-order valence-corrected chi connectivity index (χ2v) is 8.46. The summed E-state index contributed by atoms with van der Waals surface area (Å²) < 4.78 is 6.16. The van der Waals surface area contributed by atoms with Crippen LogP contribution in [-0.2, 0) is 4.79 Å². The number of hydrogen-bond acceptors (Lipinski definition) is 3. The molecule has 0 radical (unpaired) electrons. The molecule has 0 saturated heterocycles. The predicted molar refractivity (Wildman–Crippen MR) is 120 cm³/mol. The summed E-state index contributed by atoms with van der Waals surface area (Å²) in [7, 11) is 0. The van der Waals surface area contributed by atoms with Gasteiger partial charge in [0.1, 0.15) is 11.3 Å². The van der Waals surface area contributed by atoms with Gasteiger partial charge in [-0.25, -0.2) is 0 Å². The Morgan fingerprint density at radius 3 is 2.38 bits per heavy atom. The molecule has 152 valence electrons. The number of carbonyl (C=O) groups excluding carboxylic acids is 1. The third-order valence-electron chi connectivity index (χ3n) is 4.81. The fraction of sp³-hybridized carbons (Fsp3) is 0.333. The van der Waals surface area contributed by atoms with Gasteiger partial charge < -0.3 is 9.73 Å². The number of benzene rings is 2. The molecule has 0 saturated carbocycles. The lowest BCUT2D eigenvalue weighted by atomic mass is 9.97. The zero-order chi connectivity index (χ0) is 21.1. The van der Waals surface area contributed by atoms with Crippen molar-refractivity contribution >= 4 is 34.2 Å². The lowest BCUT2D eigenvalue weighted by molar-refractivity contribution is -0.116. The first-order valence-electron chi connectivity index (χ1n) is 9.92. The quantitative estimate of drug-likeness (QED) is 0.496. The minimum atomic E-state index is -0.0880. The SMILES string of the molecule is CC(C)CCC(=O)Nc1ccc2c(=O)c(-c3ccc(Cl)cc3)c(C(C)C)oc2c1. The molecule has 1 N–H and O–H groups in total. The summed E-state index contributed by atoms with van der Waals surface area (Å²) in [6.07, 6.45) is 1.29. The van der Waals surface area contributed by atoms with Crippen molar-refractivity contribution in [2.75, 3.05) is 5.32 Å². The Morgan fingerprint density at radius 2 is 1.76 bits per heavy atom. The molecule has 1 aromatic heterocycles. The van der Waals surface area contributed by atoms with Crippen LogP contribution in [0.4, 0.5) is 5.69 Å². The maximum Gasteiger partial charge on any atom is 0.224 e. The molecule has 0 aliphatic heterocycles. The molecule has 0 bridgehead atoms. The van der Waals surface area contributed by atoms with E-state index in [0.717, 1.165) is 12.0 Å². The Morgan fingerprint density at radius 1 is 1.07 bits per heavy atom. The average Bonchev–Trinajstić information content (AvgIpc) is 2.67. The molecule has 2 aromatic carbocycles. The molecule has 1 amide bonds. The third kappa shape index (κ3) is 4.88. The van der Waals surface area contributed by atoms with Crippen molar-refractivity contribution < 1.29 is 9.21 Å². The van der Waals surface area contributed by atoms with Crippen LogP contribution in [0.25, 0.3) is 22.1 Å². The summed E-state index contributed by atoms with van der Waals surface area (Å²) >= 11 is 6.00. The fourth-order valence-corrected chi connectivity index (χ4v) is 3.35. The van der Waals surface area contributed by atoms with Gasteiger partial charge in [0, 0.05) is 29.1 Å². The standard InChI is InChI=1S/C24H26ClNO3/c1-14(2)5-12-21(27)26-18-10-11-19-20(13-18)29-24(15(3)4)22(23(19)28)16-6-8-17(25)9-7-16/h6-11,13-15H,5,12H2,1-4H3,(H,26,27). The normalized spacial score (nSPS) is 11.4. The van der Waals surface area contributed by atoms with Gasteiger partial charge >= 0.3 is 0 Å². The minimum Gasteiger partial charge on any atom is -0.460 e. The van der Waals surface area contributed by atoms with Crippen molar-refractivity contribution in [1.82, 2.24) is 0 Å². The van der Waals surface area contributed by atoms with E-state index in [4.69, 9.17) is 16.0 Å². The van der Waals surface area contributed by atoms with Crippen molar-refractivity contribution in [3.8, 4) is 11.1 Å². The number of halogens is 1. The molecule has 0 aliphatic carbocycles. The summed E-state index contributed by atoms with van der Waals surface area (Å²) in [5, 5.41) is 3.99. The van der Waals surface area contributed by atoms with E-state index >= 15 is 0 Å². The van der Waals surface area contributed by atoms with Crippen LogP contribution in [0.15, 0.2) is 51.7 Å². The molecular formula is C24H26ClNO3. The zero-order valence-corrected chi connectivity index (χ0v) is 18.0.